The number of nitro benzene ring substituents is 1. The monoisotopic (exact) mass is 351 g/mol. The largest absolute Gasteiger partial charge is 0.364 e. The number of rotatable bonds is 5. The molecule has 0 amide bonds. The second-order valence-electron chi connectivity index (χ2n) is 5.26. The van der Waals surface area contributed by atoms with E-state index in [1.165, 1.54) is 12.1 Å². The number of hydrazone groups is 1. The number of nitrogens with zero attached hydrogens (tertiary/aromatic N) is 2. The van der Waals surface area contributed by atoms with Gasteiger partial charge in [0.25, 0.3) is 5.69 Å². The van der Waals surface area contributed by atoms with Crippen molar-refractivity contribution in [3.8, 4) is 0 Å². The van der Waals surface area contributed by atoms with E-state index in [-0.39, 0.29) is 10.6 Å². The predicted octanol–water partition coefficient (Wildman–Crippen LogP) is 2.02. The summed E-state index contributed by atoms with van der Waals surface area (Å²) in [5.41, 5.74) is 5.71. The Morgan fingerprint density at radius 3 is 2.54 bits per heavy atom. The Morgan fingerprint density at radius 2 is 2.04 bits per heavy atom. The summed E-state index contributed by atoms with van der Waals surface area (Å²) in [6.45, 7) is 5.58. The number of aryl methyl sites for hydroxylation is 2. The summed E-state index contributed by atoms with van der Waals surface area (Å²) < 4.78 is 22.6. The Bertz CT molecular complexity index is 911. The Hall–Kier alpha value is -2.72. The highest BCUT2D eigenvalue weighted by atomic mass is 32.2. The number of primary sulfonamides is 1. The van der Waals surface area contributed by atoms with Crippen LogP contribution in [-0.4, -0.2) is 24.0 Å². The zero-order chi connectivity index (χ0) is 18.1. The summed E-state index contributed by atoms with van der Waals surface area (Å²) in [6.07, 6.45) is 1.84. The van der Waals surface area contributed by atoms with E-state index < -0.39 is 20.6 Å². The van der Waals surface area contributed by atoms with Crippen LogP contribution in [0.2, 0.25) is 0 Å². The Morgan fingerprint density at radius 1 is 1.38 bits per heavy atom. The second-order valence-corrected chi connectivity index (χ2v) is 6.82. The van der Waals surface area contributed by atoms with Gasteiger partial charge in [-0.2, -0.15) is 5.10 Å². The number of hydrogen-bond acceptors (Lipinski definition) is 6. The molecule has 10 heteroatoms. The van der Waals surface area contributed by atoms with Crippen LogP contribution in [0.1, 0.15) is 23.7 Å². The maximum Gasteiger partial charge on any atom is 0.295 e. The normalized spacial score (nSPS) is 12.2. The molecule has 9 nitrogen and oxygen atoms in total. The van der Waals surface area contributed by atoms with Crippen molar-refractivity contribution in [2.45, 2.75) is 25.7 Å². The fourth-order valence-corrected chi connectivity index (χ4v) is 2.88. The van der Waals surface area contributed by atoms with E-state index in [2.05, 4.69) is 15.5 Å². The number of aromatic nitrogens is 1. The molecule has 0 aliphatic heterocycles. The van der Waals surface area contributed by atoms with Crippen LogP contribution < -0.4 is 10.6 Å². The molecule has 0 unspecified atom stereocenters. The van der Waals surface area contributed by atoms with E-state index in [0.29, 0.717) is 5.71 Å². The van der Waals surface area contributed by atoms with E-state index >= 15 is 0 Å². The lowest BCUT2D eigenvalue weighted by Crippen LogP contribution is -2.12. The molecule has 0 aliphatic rings. The third-order valence-corrected chi connectivity index (χ3v) is 4.39. The summed E-state index contributed by atoms with van der Waals surface area (Å²) >= 11 is 0. The van der Waals surface area contributed by atoms with Gasteiger partial charge in [-0.1, -0.05) is 0 Å². The van der Waals surface area contributed by atoms with Crippen LogP contribution in [0.5, 0.6) is 0 Å². The van der Waals surface area contributed by atoms with Gasteiger partial charge in [0.1, 0.15) is 5.69 Å². The number of benzene rings is 1. The number of nitrogens with one attached hydrogen (secondary N) is 2. The number of sulfonamides is 1. The number of aromatic amines is 1. The standard InChI is InChI=1S/C14H17N5O4S/c1-8-7-16-9(2)14(8)10(3)17-18-12-5-4-11(24(15,22)23)6-13(12)19(20)21/h4-7,16,18H,1-3H3,(H2,15,22,23)/b17-10+. The Kier molecular flexibility index (Phi) is 4.71. The Balaban J connectivity index is 2.40. The van der Waals surface area contributed by atoms with Crippen LogP contribution in [0.3, 0.4) is 0 Å². The minimum absolute atomic E-state index is 0.0672. The van der Waals surface area contributed by atoms with Gasteiger partial charge in [-0.05, 0) is 38.5 Å². The van der Waals surface area contributed by atoms with Crippen molar-refractivity contribution < 1.29 is 13.3 Å². The maximum absolute atomic E-state index is 11.3. The lowest BCUT2D eigenvalue weighted by atomic mass is 10.1. The molecule has 4 N–H and O–H groups in total. The van der Waals surface area contributed by atoms with Crippen LogP contribution in [-0.2, 0) is 10.0 Å². The number of nitro groups is 1. The zero-order valence-corrected chi connectivity index (χ0v) is 14.1. The number of hydrogen-bond donors (Lipinski definition) is 3. The minimum Gasteiger partial charge on any atom is -0.364 e. The molecular formula is C14H17N5O4S. The first-order chi connectivity index (χ1) is 11.1. The molecule has 1 heterocycles. The van der Waals surface area contributed by atoms with Gasteiger partial charge in [0.2, 0.25) is 10.0 Å². The van der Waals surface area contributed by atoms with Crippen LogP contribution in [0, 0.1) is 24.0 Å². The van der Waals surface area contributed by atoms with Crippen LogP contribution in [0.15, 0.2) is 34.4 Å². The topological polar surface area (TPSA) is 143 Å². The van der Waals surface area contributed by atoms with Crippen molar-refractivity contribution in [2.75, 3.05) is 5.43 Å². The van der Waals surface area contributed by atoms with Crippen molar-refractivity contribution in [1.29, 1.82) is 0 Å². The summed E-state index contributed by atoms with van der Waals surface area (Å²) in [5, 5.41) is 20.3. The zero-order valence-electron chi connectivity index (χ0n) is 13.3. The third-order valence-electron chi connectivity index (χ3n) is 3.47. The van der Waals surface area contributed by atoms with Gasteiger partial charge >= 0.3 is 0 Å². The lowest BCUT2D eigenvalue weighted by molar-refractivity contribution is -0.384. The van der Waals surface area contributed by atoms with Gasteiger partial charge in [-0.25, -0.2) is 13.6 Å². The van der Waals surface area contributed by atoms with Crippen molar-refractivity contribution in [3.05, 3.63) is 51.3 Å². The lowest BCUT2D eigenvalue weighted by Gasteiger charge is -2.06. The summed E-state index contributed by atoms with van der Waals surface area (Å²) in [5.74, 6) is 0. The molecule has 0 saturated heterocycles. The highest BCUT2D eigenvalue weighted by Crippen LogP contribution is 2.27. The average Bonchev–Trinajstić information content (AvgIpc) is 2.82. The fraction of sp³-hybridized carbons (Fsp3) is 0.214. The number of anilines is 1. The maximum atomic E-state index is 11.3. The molecular weight excluding hydrogens is 334 g/mol. The molecule has 0 radical (unpaired) electrons. The van der Waals surface area contributed by atoms with Crippen molar-refractivity contribution in [3.63, 3.8) is 0 Å². The highest BCUT2D eigenvalue weighted by molar-refractivity contribution is 7.89. The molecule has 0 fully saturated rings. The SMILES string of the molecule is C/C(=N\Nc1ccc(S(N)(=O)=O)cc1[N+](=O)[O-])c1c(C)c[nH]c1C. The molecule has 2 rings (SSSR count). The van der Waals surface area contributed by atoms with Crippen LogP contribution in [0.25, 0.3) is 0 Å². The molecule has 2 aromatic rings. The van der Waals surface area contributed by atoms with Gasteiger partial charge in [0.15, 0.2) is 0 Å². The molecule has 0 atom stereocenters. The first-order valence-electron chi connectivity index (χ1n) is 6.87. The molecule has 0 bridgehead atoms. The minimum atomic E-state index is -4.03. The number of nitrogens with two attached hydrogens (primary N) is 1. The highest BCUT2D eigenvalue weighted by Gasteiger charge is 2.19. The van der Waals surface area contributed by atoms with Gasteiger partial charge < -0.3 is 4.98 Å². The number of H-pyrrole nitrogens is 1. The van der Waals surface area contributed by atoms with Gasteiger partial charge in [0, 0.05) is 23.5 Å². The van der Waals surface area contributed by atoms with E-state index in [4.69, 9.17) is 5.14 Å². The van der Waals surface area contributed by atoms with Gasteiger partial charge in [0.05, 0.1) is 15.5 Å². The quantitative estimate of drug-likeness (QED) is 0.429. The third kappa shape index (κ3) is 3.60. The van der Waals surface area contributed by atoms with Crippen molar-refractivity contribution >= 4 is 27.1 Å². The molecule has 1 aromatic carbocycles. The molecule has 0 aliphatic carbocycles. The van der Waals surface area contributed by atoms with E-state index in [1.54, 1.807) is 6.92 Å². The van der Waals surface area contributed by atoms with Gasteiger partial charge in [-0.15, -0.1) is 0 Å². The first-order valence-corrected chi connectivity index (χ1v) is 8.42. The molecule has 1 aromatic heterocycles. The van der Waals surface area contributed by atoms with Crippen molar-refractivity contribution in [2.24, 2.45) is 10.2 Å². The summed E-state index contributed by atoms with van der Waals surface area (Å²) in [7, 11) is -4.03. The van der Waals surface area contributed by atoms with E-state index in [0.717, 1.165) is 22.9 Å². The Labute approximate surface area is 138 Å². The van der Waals surface area contributed by atoms with Gasteiger partial charge in [-0.3, -0.25) is 15.5 Å². The van der Waals surface area contributed by atoms with Crippen LogP contribution in [0.4, 0.5) is 11.4 Å². The predicted molar refractivity (Wildman–Crippen MR) is 90.6 cm³/mol. The molecule has 128 valence electrons. The van der Waals surface area contributed by atoms with E-state index in [1.807, 2.05) is 20.0 Å². The fourth-order valence-electron chi connectivity index (χ4n) is 2.35. The molecule has 0 spiro atoms. The van der Waals surface area contributed by atoms with Crippen LogP contribution >= 0.6 is 0 Å². The first kappa shape index (κ1) is 17.6. The van der Waals surface area contributed by atoms with Crippen molar-refractivity contribution in [1.82, 2.24) is 4.98 Å². The molecule has 24 heavy (non-hydrogen) atoms. The second kappa shape index (κ2) is 6.42. The smallest absolute Gasteiger partial charge is 0.295 e. The van der Waals surface area contributed by atoms with E-state index in [9.17, 15) is 18.5 Å². The molecule has 0 saturated carbocycles. The average molecular weight is 351 g/mol. The summed E-state index contributed by atoms with van der Waals surface area (Å²) in [6, 6.07) is 3.34. The summed E-state index contributed by atoms with van der Waals surface area (Å²) in [4.78, 5) is 13.2.